The summed E-state index contributed by atoms with van der Waals surface area (Å²) in [6.45, 7) is 3.26. The van der Waals surface area contributed by atoms with Gasteiger partial charge in [0.1, 0.15) is 16.9 Å². The third-order valence-corrected chi connectivity index (χ3v) is 4.41. The van der Waals surface area contributed by atoms with Gasteiger partial charge in [0.25, 0.3) is 5.56 Å². The van der Waals surface area contributed by atoms with E-state index >= 15 is 0 Å². The molecule has 0 fully saturated rings. The van der Waals surface area contributed by atoms with Gasteiger partial charge < -0.3 is 10.1 Å². The summed E-state index contributed by atoms with van der Waals surface area (Å²) in [5, 5.41) is 14.0. The van der Waals surface area contributed by atoms with Crippen LogP contribution in [0.25, 0.3) is 11.0 Å². The van der Waals surface area contributed by atoms with E-state index in [9.17, 15) is 23.1 Å². The summed E-state index contributed by atoms with van der Waals surface area (Å²) in [5.74, 6) is 0.500. The van der Waals surface area contributed by atoms with Gasteiger partial charge in [0.15, 0.2) is 5.65 Å². The summed E-state index contributed by atoms with van der Waals surface area (Å²) in [6.07, 6.45) is -3.06. The highest BCUT2D eigenvalue weighted by Crippen LogP contribution is 2.31. The highest BCUT2D eigenvalue weighted by atomic mass is 19.4. The Morgan fingerprint density at radius 3 is 2.48 bits per heavy atom. The van der Waals surface area contributed by atoms with Crippen molar-refractivity contribution in [3.8, 4) is 0 Å². The molecule has 0 unspecified atom stereocenters. The maximum absolute atomic E-state index is 12.8. The van der Waals surface area contributed by atoms with Gasteiger partial charge in [-0.1, -0.05) is 19.1 Å². The molecule has 0 aliphatic rings. The van der Waals surface area contributed by atoms with Crippen molar-refractivity contribution in [1.82, 2.24) is 19.7 Å². The van der Waals surface area contributed by atoms with Crippen molar-refractivity contribution in [3.63, 3.8) is 0 Å². The van der Waals surface area contributed by atoms with E-state index in [4.69, 9.17) is 0 Å². The number of aromatic amines is 1. The van der Waals surface area contributed by atoms with Crippen molar-refractivity contribution in [2.45, 2.75) is 45.5 Å². The number of aliphatic hydroxyl groups is 1. The molecule has 27 heavy (non-hydrogen) atoms. The molecule has 0 amide bonds. The monoisotopic (exact) mass is 380 g/mol. The predicted octanol–water partition coefficient (Wildman–Crippen LogP) is 3.19. The largest absolute Gasteiger partial charge is 0.416 e. The van der Waals surface area contributed by atoms with Gasteiger partial charge >= 0.3 is 6.18 Å². The van der Waals surface area contributed by atoms with Crippen molar-refractivity contribution in [2.75, 3.05) is 0 Å². The minimum atomic E-state index is -4.41. The Bertz CT molecular complexity index is 1010. The molecule has 3 rings (SSSR count). The van der Waals surface area contributed by atoms with E-state index in [1.165, 1.54) is 16.8 Å². The van der Waals surface area contributed by atoms with Gasteiger partial charge in [0.05, 0.1) is 18.2 Å². The molecule has 0 saturated carbocycles. The SMILES string of the molecule is CCCc1nc2c(c(CO)nn2[C@@H](C)c2ccc(C(F)(F)F)cc2)c(=O)[nH]1. The molecule has 1 atom stereocenters. The number of aryl methyl sites for hydroxylation is 1. The Morgan fingerprint density at radius 2 is 1.93 bits per heavy atom. The number of rotatable bonds is 5. The van der Waals surface area contributed by atoms with Crippen LogP contribution in [0.2, 0.25) is 0 Å². The van der Waals surface area contributed by atoms with Gasteiger partial charge in [-0.3, -0.25) is 4.79 Å². The lowest BCUT2D eigenvalue weighted by Crippen LogP contribution is -2.15. The summed E-state index contributed by atoms with van der Waals surface area (Å²) >= 11 is 0. The molecule has 0 bridgehead atoms. The summed E-state index contributed by atoms with van der Waals surface area (Å²) in [4.78, 5) is 19.5. The van der Waals surface area contributed by atoms with Crippen molar-refractivity contribution >= 4 is 11.0 Å². The molecule has 2 aromatic heterocycles. The van der Waals surface area contributed by atoms with Gasteiger partial charge in [-0.25, -0.2) is 9.67 Å². The second-order valence-corrected chi connectivity index (χ2v) is 6.31. The number of alkyl halides is 3. The Balaban J connectivity index is 2.11. The fraction of sp³-hybridized carbons (Fsp3) is 0.389. The Hall–Kier alpha value is -2.68. The van der Waals surface area contributed by atoms with Gasteiger partial charge in [0.2, 0.25) is 0 Å². The normalized spacial score (nSPS) is 13.3. The van der Waals surface area contributed by atoms with Crippen LogP contribution >= 0.6 is 0 Å². The lowest BCUT2D eigenvalue weighted by molar-refractivity contribution is -0.137. The molecule has 0 aliphatic heterocycles. The fourth-order valence-electron chi connectivity index (χ4n) is 2.99. The zero-order chi connectivity index (χ0) is 19.8. The Labute approximate surface area is 152 Å². The fourth-order valence-corrected chi connectivity index (χ4v) is 2.99. The molecule has 0 saturated heterocycles. The number of nitrogens with one attached hydrogen (secondary N) is 1. The number of hydrogen-bond acceptors (Lipinski definition) is 4. The summed E-state index contributed by atoms with van der Waals surface area (Å²) in [5.41, 5.74) is -0.0618. The van der Waals surface area contributed by atoms with Crippen molar-refractivity contribution < 1.29 is 18.3 Å². The van der Waals surface area contributed by atoms with Crippen LogP contribution in [0.3, 0.4) is 0 Å². The van der Waals surface area contributed by atoms with Crippen molar-refractivity contribution in [3.05, 3.63) is 57.3 Å². The molecule has 0 radical (unpaired) electrons. The molecule has 2 N–H and O–H groups in total. The minimum absolute atomic E-state index is 0.181. The quantitative estimate of drug-likeness (QED) is 0.712. The van der Waals surface area contributed by atoms with Gasteiger partial charge in [-0.2, -0.15) is 18.3 Å². The van der Waals surface area contributed by atoms with E-state index in [0.29, 0.717) is 23.5 Å². The van der Waals surface area contributed by atoms with E-state index in [-0.39, 0.29) is 11.1 Å². The summed E-state index contributed by atoms with van der Waals surface area (Å²) in [6, 6.07) is 4.29. The number of halogens is 3. The molecule has 0 aliphatic carbocycles. The van der Waals surface area contributed by atoms with Crippen LogP contribution in [-0.4, -0.2) is 24.9 Å². The highest BCUT2D eigenvalue weighted by Gasteiger charge is 2.30. The Kier molecular flexibility index (Phi) is 5.05. The van der Waals surface area contributed by atoms with Crippen molar-refractivity contribution in [2.24, 2.45) is 0 Å². The van der Waals surface area contributed by atoms with Crippen molar-refractivity contribution in [1.29, 1.82) is 0 Å². The first kappa shape index (κ1) is 19.1. The first-order valence-electron chi connectivity index (χ1n) is 8.54. The standard InChI is InChI=1S/C18H19F3N4O2/c1-3-4-14-22-16-15(17(27)23-14)13(9-26)24-25(16)10(2)11-5-7-12(8-6-11)18(19,20)21/h5-8,10,26H,3-4,9H2,1-2H3,(H,22,23,27)/t10-/m0/s1. The van der Waals surface area contributed by atoms with Crippen LogP contribution in [0.1, 0.15) is 49.0 Å². The topological polar surface area (TPSA) is 83.8 Å². The second kappa shape index (κ2) is 7.15. The lowest BCUT2D eigenvalue weighted by atomic mass is 10.1. The number of benzene rings is 1. The zero-order valence-corrected chi connectivity index (χ0v) is 14.8. The average Bonchev–Trinajstić information content (AvgIpc) is 3.00. The van der Waals surface area contributed by atoms with E-state index in [1.54, 1.807) is 6.92 Å². The molecule has 1 aromatic carbocycles. The van der Waals surface area contributed by atoms with E-state index < -0.39 is 29.9 Å². The third kappa shape index (κ3) is 3.59. The zero-order valence-electron chi connectivity index (χ0n) is 14.8. The number of nitrogens with zero attached hydrogens (tertiary/aromatic N) is 3. The first-order chi connectivity index (χ1) is 12.8. The van der Waals surface area contributed by atoms with Gasteiger partial charge in [0, 0.05) is 6.42 Å². The first-order valence-corrected chi connectivity index (χ1v) is 8.54. The number of aromatic nitrogens is 4. The van der Waals surface area contributed by atoms with Crippen LogP contribution in [0.4, 0.5) is 13.2 Å². The maximum Gasteiger partial charge on any atom is 0.416 e. The summed E-state index contributed by atoms with van der Waals surface area (Å²) in [7, 11) is 0. The Morgan fingerprint density at radius 1 is 1.26 bits per heavy atom. The third-order valence-electron chi connectivity index (χ3n) is 4.41. The molecule has 3 aromatic rings. The molecule has 6 nitrogen and oxygen atoms in total. The van der Waals surface area contributed by atoms with Gasteiger partial charge in [-0.15, -0.1) is 0 Å². The summed E-state index contributed by atoms with van der Waals surface area (Å²) < 4.78 is 39.8. The second-order valence-electron chi connectivity index (χ2n) is 6.31. The van der Waals surface area contributed by atoms with E-state index in [1.807, 2.05) is 6.92 Å². The van der Waals surface area contributed by atoms with Crippen LogP contribution in [-0.2, 0) is 19.2 Å². The van der Waals surface area contributed by atoms with Crippen LogP contribution in [0, 0.1) is 0 Å². The molecular weight excluding hydrogens is 361 g/mol. The average molecular weight is 380 g/mol. The smallest absolute Gasteiger partial charge is 0.390 e. The number of fused-ring (bicyclic) bond motifs is 1. The molecule has 9 heteroatoms. The van der Waals surface area contributed by atoms with Crippen LogP contribution < -0.4 is 5.56 Å². The predicted molar refractivity (Wildman–Crippen MR) is 93.3 cm³/mol. The van der Waals surface area contributed by atoms with E-state index in [2.05, 4.69) is 15.1 Å². The van der Waals surface area contributed by atoms with E-state index in [0.717, 1.165) is 18.6 Å². The molecule has 0 spiro atoms. The minimum Gasteiger partial charge on any atom is -0.390 e. The van der Waals surface area contributed by atoms with Gasteiger partial charge in [-0.05, 0) is 31.0 Å². The molecular formula is C18H19F3N4O2. The number of hydrogen-bond donors (Lipinski definition) is 2. The molecule has 144 valence electrons. The van der Waals surface area contributed by atoms with Crippen LogP contribution in [0.15, 0.2) is 29.1 Å². The lowest BCUT2D eigenvalue weighted by Gasteiger charge is -2.15. The molecule has 2 heterocycles. The van der Waals surface area contributed by atoms with Crippen LogP contribution in [0.5, 0.6) is 0 Å². The number of aliphatic hydroxyl groups excluding tert-OH is 1. The maximum atomic E-state index is 12.8. The number of H-pyrrole nitrogens is 1. The highest BCUT2D eigenvalue weighted by molar-refractivity contribution is 5.77.